The molecule has 7 heteroatoms. The van der Waals surface area contributed by atoms with Gasteiger partial charge >= 0.3 is 12.0 Å². The van der Waals surface area contributed by atoms with Crippen LogP contribution >= 0.6 is 0 Å². The van der Waals surface area contributed by atoms with E-state index in [1.165, 1.54) is 11.0 Å². The molecule has 0 radical (unpaired) electrons. The number of aliphatic carboxylic acids is 1. The molecule has 21 heavy (non-hydrogen) atoms. The fraction of sp³-hybridized carbons (Fsp3) is 0.357. The summed E-state index contributed by atoms with van der Waals surface area (Å²) < 4.78 is 0. The number of carbonyl (C=O) groups excluding carboxylic acids is 2. The highest BCUT2D eigenvalue weighted by Gasteiger charge is 2.23. The minimum atomic E-state index is -1.07. The van der Waals surface area contributed by atoms with Crippen LogP contribution in [0.25, 0.3) is 0 Å². The normalized spacial score (nSPS) is 11.5. The van der Waals surface area contributed by atoms with Crippen LogP contribution in [0, 0.1) is 0 Å². The zero-order valence-corrected chi connectivity index (χ0v) is 12.0. The van der Waals surface area contributed by atoms with Gasteiger partial charge in [-0.1, -0.05) is 13.0 Å². The molecule has 1 rings (SSSR count). The van der Waals surface area contributed by atoms with E-state index in [0.717, 1.165) is 0 Å². The number of nitrogens with one attached hydrogen (secondary N) is 1. The van der Waals surface area contributed by atoms with Crippen LogP contribution in [0.1, 0.15) is 30.6 Å². The van der Waals surface area contributed by atoms with Gasteiger partial charge in [0.1, 0.15) is 6.54 Å². The van der Waals surface area contributed by atoms with Gasteiger partial charge in [0.25, 0.3) is 5.91 Å². The Hall–Kier alpha value is -2.57. The minimum Gasteiger partial charge on any atom is -0.480 e. The van der Waals surface area contributed by atoms with Crippen molar-refractivity contribution in [3.05, 3.63) is 29.8 Å². The van der Waals surface area contributed by atoms with Crippen LogP contribution in [0.5, 0.6) is 0 Å². The fourth-order valence-corrected chi connectivity index (χ4v) is 1.83. The third-order valence-corrected chi connectivity index (χ3v) is 3.07. The summed E-state index contributed by atoms with van der Waals surface area (Å²) in [4.78, 5) is 35.5. The number of carbonyl (C=O) groups is 3. The summed E-state index contributed by atoms with van der Waals surface area (Å²) in [6, 6.07) is 5.27. The van der Waals surface area contributed by atoms with Crippen molar-refractivity contribution < 1.29 is 19.5 Å². The second-order valence-corrected chi connectivity index (χ2v) is 4.65. The van der Waals surface area contributed by atoms with Crippen molar-refractivity contribution in [1.82, 2.24) is 4.90 Å². The lowest BCUT2D eigenvalue weighted by Gasteiger charge is -2.27. The molecular weight excluding hydrogens is 274 g/mol. The first-order valence-electron chi connectivity index (χ1n) is 6.54. The van der Waals surface area contributed by atoms with Crippen LogP contribution in [0.15, 0.2) is 24.3 Å². The van der Waals surface area contributed by atoms with Gasteiger partial charge in [-0.3, -0.25) is 9.59 Å². The van der Waals surface area contributed by atoms with Gasteiger partial charge < -0.3 is 21.1 Å². The molecule has 1 aromatic rings. The van der Waals surface area contributed by atoms with E-state index < -0.39 is 17.9 Å². The molecule has 0 fully saturated rings. The predicted octanol–water partition coefficient (Wildman–Crippen LogP) is 1.50. The van der Waals surface area contributed by atoms with E-state index in [0.29, 0.717) is 17.7 Å². The Kier molecular flexibility index (Phi) is 5.71. The average molecular weight is 293 g/mol. The van der Waals surface area contributed by atoms with E-state index in [2.05, 4.69) is 5.32 Å². The van der Waals surface area contributed by atoms with Crippen LogP contribution in [-0.2, 0) is 4.79 Å². The maximum absolute atomic E-state index is 12.4. The summed E-state index contributed by atoms with van der Waals surface area (Å²) in [5, 5.41) is 11.3. The monoisotopic (exact) mass is 293 g/mol. The molecule has 0 aliphatic carbocycles. The van der Waals surface area contributed by atoms with E-state index in [1.807, 2.05) is 6.92 Å². The molecule has 0 aromatic heterocycles. The molecular formula is C14H19N3O4. The Bertz CT molecular complexity index is 545. The number of nitrogens with zero attached hydrogens (tertiary/aromatic N) is 1. The SMILES string of the molecule is CCC(C)N(CC(=O)O)C(=O)c1cccc(NC(N)=O)c1. The van der Waals surface area contributed by atoms with Gasteiger partial charge in [-0.15, -0.1) is 0 Å². The molecule has 0 spiro atoms. The summed E-state index contributed by atoms with van der Waals surface area (Å²) in [6.45, 7) is 3.28. The zero-order valence-electron chi connectivity index (χ0n) is 12.0. The quantitative estimate of drug-likeness (QED) is 0.737. The van der Waals surface area contributed by atoms with Crippen LogP contribution in [0.3, 0.4) is 0 Å². The third-order valence-electron chi connectivity index (χ3n) is 3.07. The Morgan fingerprint density at radius 1 is 1.38 bits per heavy atom. The first-order valence-corrected chi connectivity index (χ1v) is 6.54. The van der Waals surface area contributed by atoms with Crippen LogP contribution < -0.4 is 11.1 Å². The maximum Gasteiger partial charge on any atom is 0.323 e. The molecule has 0 saturated carbocycles. The number of hydrogen-bond donors (Lipinski definition) is 3. The van der Waals surface area contributed by atoms with Crippen molar-refractivity contribution in [2.45, 2.75) is 26.3 Å². The lowest BCUT2D eigenvalue weighted by atomic mass is 10.1. The summed E-state index contributed by atoms with van der Waals surface area (Å²) in [6.07, 6.45) is 0.637. The third kappa shape index (κ3) is 4.79. The number of benzene rings is 1. The fourth-order valence-electron chi connectivity index (χ4n) is 1.83. The average Bonchev–Trinajstić information content (AvgIpc) is 2.42. The number of nitrogens with two attached hydrogens (primary N) is 1. The summed E-state index contributed by atoms with van der Waals surface area (Å²) in [5.74, 6) is -1.48. The Labute approximate surface area is 122 Å². The van der Waals surface area contributed by atoms with Gasteiger partial charge in [0, 0.05) is 17.3 Å². The first kappa shape index (κ1) is 16.5. The topological polar surface area (TPSA) is 113 Å². The summed E-state index contributed by atoms with van der Waals surface area (Å²) in [5.41, 5.74) is 5.70. The number of carboxylic acids is 1. The Balaban J connectivity index is 3.02. The highest BCUT2D eigenvalue weighted by molar-refractivity contribution is 5.98. The van der Waals surface area contributed by atoms with Crippen LogP contribution in [-0.4, -0.2) is 40.5 Å². The number of amides is 3. The minimum absolute atomic E-state index is 0.207. The first-order chi connectivity index (χ1) is 9.85. The number of urea groups is 1. The van der Waals surface area contributed by atoms with Crippen molar-refractivity contribution in [3.63, 3.8) is 0 Å². The van der Waals surface area contributed by atoms with E-state index in [-0.39, 0.29) is 12.6 Å². The van der Waals surface area contributed by atoms with Crippen LogP contribution in [0.2, 0.25) is 0 Å². The van der Waals surface area contributed by atoms with E-state index in [1.54, 1.807) is 25.1 Å². The highest BCUT2D eigenvalue weighted by Crippen LogP contribution is 2.15. The summed E-state index contributed by atoms with van der Waals surface area (Å²) >= 11 is 0. The number of anilines is 1. The molecule has 7 nitrogen and oxygen atoms in total. The van der Waals surface area contributed by atoms with Gasteiger partial charge in [-0.25, -0.2) is 4.79 Å². The lowest BCUT2D eigenvalue weighted by Crippen LogP contribution is -2.41. The molecule has 1 aromatic carbocycles. The smallest absolute Gasteiger partial charge is 0.323 e. The van der Waals surface area contributed by atoms with Crippen molar-refractivity contribution in [1.29, 1.82) is 0 Å². The molecule has 0 saturated heterocycles. The van der Waals surface area contributed by atoms with Crippen molar-refractivity contribution >= 4 is 23.6 Å². The Morgan fingerprint density at radius 2 is 2.05 bits per heavy atom. The molecule has 0 aliphatic heterocycles. The van der Waals surface area contributed by atoms with Gasteiger partial charge in [0.05, 0.1) is 0 Å². The number of carboxylic acid groups (broad SMARTS) is 1. The summed E-state index contributed by atoms with van der Waals surface area (Å²) in [7, 11) is 0. The predicted molar refractivity (Wildman–Crippen MR) is 78.1 cm³/mol. The molecule has 114 valence electrons. The van der Waals surface area contributed by atoms with Crippen molar-refractivity contribution in [3.8, 4) is 0 Å². The Morgan fingerprint density at radius 3 is 2.57 bits per heavy atom. The van der Waals surface area contributed by atoms with Gasteiger partial charge in [-0.05, 0) is 31.5 Å². The van der Waals surface area contributed by atoms with Crippen molar-refractivity contribution in [2.24, 2.45) is 5.73 Å². The van der Waals surface area contributed by atoms with Crippen LogP contribution in [0.4, 0.5) is 10.5 Å². The highest BCUT2D eigenvalue weighted by atomic mass is 16.4. The lowest BCUT2D eigenvalue weighted by molar-refractivity contribution is -0.138. The second-order valence-electron chi connectivity index (χ2n) is 4.65. The number of rotatable bonds is 6. The molecule has 0 heterocycles. The molecule has 4 N–H and O–H groups in total. The second kappa shape index (κ2) is 7.28. The molecule has 1 unspecified atom stereocenters. The molecule has 1 atom stereocenters. The van der Waals surface area contributed by atoms with Gasteiger partial charge in [0.15, 0.2) is 0 Å². The maximum atomic E-state index is 12.4. The zero-order chi connectivity index (χ0) is 16.0. The van der Waals surface area contributed by atoms with Gasteiger partial charge in [-0.2, -0.15) is 0 Å². The number of hydrogen-bond acceptors (Lipinski definition) is 3. The van der Waals surface area contributed by atoms with E-state index in [4.69, 9.17) is 10.8 Å². The molecule has 0 bridgehead atoms. The number of primary amides is 1. The molecule has 3 amide bonds. The van der Waals surface area contributed by atoms with Crippen molar-refractivity contribution in [2.75, 3.05) is 11.9 Å². The van der Waals surface area contributed by atoms with E-state index in [9.17, 15) is 14.4 Å². The van der Waals surface area contributed by atoms with Gasteiger partial charge in [0.2, 0.25) is 0 Å². The standard InChI is InChI=1S/C14H19N3O4/c1-3-9(2)17(8-12(18)19)13(20)10-5-4-6-11(7-10)16-14(15)21/h4-7,9H,3,8H2,1-2H3,(H,18,19)(H3,15,16,21). The van der Waals surface area contributed by atoms with E-state index >= 15 is 0 Å². The molecule has 0 aliphatic rings. The largest absolute Gasteiger partial charge is 0.480 e.